The number of benzene rings is 2. The molecule has 11 heteroatoms. The molecule has 2 aromatic rings. The highest BCUT2D eigenvalue weighted by molar-refractivity contribution is 8.28. The number of halogens is 2. The van der Waals surface area contributed by atoms with Crippen LogP contribution in [0, 0.1) is 0 Å². The molecule has 0 spiro atoms. The second-order valence-electron chi connectivity index (χ2n) is 9.22. The number of nitrogens with zero attached hydrogens (tertiary/aromatic N) is 1. The average Bonchev–Trinajstić information content (AvgIpc) is 3.57. The zero-order chi connectivity index (χ0) is 25.9. The number of alkyl halides is 2. The molecule has 0 radical (unpaired) electrons. The largest absolute Gasteiger partial charge is 0.435 e. The second-order valence-corrected chi connectivity index (χ2v) is 13.2. The van der Waals surface area contributed by atoms with Gasteiger partial charge in [0.15, 0.2) is 0 Å². The Morgan fingerprint density at radius 1 is 1.19 bits per heavy atom. The van der Waals surface area contributed by atoms with Crippen LogP contribution in [0.5, 0.6) is 5.75 Å². The van der Waals surface area contributed by atoms with Crippen LogP contribution >= 0.6 is 22.3 Å². The number of fused-ring (bicyclic) bond motifs is 1. The third kappa shape index (κ3) is 5.80. The number of carbonyl (C=O) groups is 2. The van der Waals surface area contributed by atoms with Crippen molar-refractivity contribution in [1.82, 2.24) is 4.72 Å². The van der Waals surface area contributed by atoms with Crippen LogP contribution in [0.3, 0.4) is 0 Å². The van der Waals surface area contributed by atoms with Crippen molar-refractivity contribution < 1.29 is 32.3 Å². The first-order chi connectivity index (χ1) is 17.1. The van der Waals surface area contributed by atoms with Gasteiger partial charge in [-0.15, -0.1) is 0 Å². The highest BCUT2D eigenvalue weighted by Gasteiger charge is 2.45. The minimum Gasteiger partial charge on any atom is -0.435 e. The Bertz CT molecular complexity index is 1110. The van der Waals surface area contributed by atoms with Gasteiger partial charge in [0.2, 0.25) is 5.91 Å². The molecule has 1 N–H and O–H groups in total. The summed E-state index contributed by atoms with van der Waals surface area (Å²) < 4.78 is 37.8. The molecule has 36 heavy (non-hydrogen) atoms. The van der Waals surface area contributed by atoms with Gasteiger partial charge in [0.25, 0.3) is 5.91 Å². The van der Waals surface area contributed by atoms with E-state index in [1.807, 2.05) is 0 Å². The zero-order valence-electron chi connectivity index (χ0n) is 20.4. The molecule has 0 aliphatic carbocycles. The molecule has 3 aliphatic rings. The summed E-state index contributed by atoms with van der Waals surface area (Å²) in [6, 6.07) is 10.9. The van der Waals surface area contributed by atoms with Crippen LogP contribution in [0.4, 0.5) is 20.2 Å². The smallest absolute Gasteiger partial charge is 0.387 e. The number of ether oxygens (including phenoxy) is 1. The van der Waals surface area contributed by atoms with Gasteiger partial charge in [-0.05, 0) is 84.6 Å². The lowest BCUT2D eigenvalue weighted by Crippen LogP contribution is -2.33. The Labute approximate surface area is 215 Å². The van der Waals surface area contributed by atoms with E-state index in [-0.39, 0.29) is 17.6 Å². The fourth-order valence-corrected chi connectivity index (χ4v) is 6.53. The fourth-order valence-electron chi connectivity index (χ4n) is 4.13. The maximum Gasteiger partial charge on any atom is 0.387 e. The molecule has 2 fully saturated rings. The van der Waals surface area contributed by atoms with E-state index in [0.29, 0.717) is 34.9 Å². The van der Waals surface area contributed by atoms with Crippen molar-refractivity contribution in [1.29, 1.82) is 0 Å². The molecule has 0 aromatic heterocycles. The SMILES string of the molecule is C1CCSC1.CC1(C)C(=O)N(c2cccc(OC(F)F)c2)c2ccc(C(=O)NS3(C)CCOO3)cc21. The Balaban J connectivity index is 0.000000543. The summed E-state index contributed by atoms with van der Waals surface area (Å²) in [7, 11) is -1.85. The predicted octanol–water partition coefficient (Wildman–Crippen LogP) is 5.71. The molecular formula is C25H30F2N2O5S2. The van der Waals surface area contributed by atoms with E-state index < -0.39 is 22.5 Å². The van der Waals surface area contributed by atoms with Crippen LogP contribution in [0.15, 0.2) is 42.5 Å². The molecule has 7 nitrogen and oxygen atoms in total. The Morgan fingerprint density at radius 3 is 2.56 bits per heavy atom. The molecule has 196 valence electrons. The molecule has 1 atom stereocenters. The van der Waals surface area contributed by atoms with E-state index in [4.69, 9.17) is 9.22 Å². The van der Waals surface area contributed by atoms with E-state index >= 15 is 0 Å². The summed E-state index contributed by atoms with van der Waals surface area (Å²) in [5.74, 6) is 2.83. The molecule has 2 amide bonds. The summed E-state index contributed by atoms with van der Waals surface area (Å²) in [5, 5.41) is 0. The van der Waals surface area contributed by atoms with E-state index in [9.17, 15) is 18.4 Å². The predicted molar refractivity (Wildman–Crippen MR) is 139 cm³/mol. The number of hydrogen-bond donors (Lipinski definition) is 1. The minimum atomic E-state index is -2.97. The highest BCUT2D eigenvalue weighted by atomic mass is 32.3. The molecule has 2 aromatic carbocycles. The number of carbonyl (C=O) groups excluding carboxylic acids is 2. The third-order valence-electron chi connectivity index (χ3n) is 6.10. The standard InChI is InChI=1S/C21H22F2N2O5S.C4H8S/c1-21(2)16-11-13(18(26)24-31(3)10-9-28-30-31)7-8-17(16)25(19(21)27)14-5-4-6-15(12-14)29-20(22)23;1-2-4-5-3-1/h4-8,11-12,20H,9-10H2,1-3H3,(H,24,26);1-4H2. The van der Waals surface area contributed by atoms with Crippen molar-refractivity contribution in [2.24, 2.45) is 0 Å². The Hall–Kier alpha value is -2.34. The fraction of sp³-hybridized carbons (Fsp3) is 0.440. The van der Waals surface area contributed by atoms with Crippen molar-refractivity contribution in [3.8, 4) is 5.75 Å². The number of amides is 2. The number of anilines is 2. The lowest BCUT2D eigenvalue weighted by atomic mass is 9.85. The molecule has 1 unspecified atom stereocenters. The summed E-state index contributed by atoms with van der Waals surface area (Å²) in [6.45, 7) is 0.972. The Kier molecular flexibility index (Phi) is 8.13. The maximum atomic E-state index is 13.2. The molecule has 3 aliphatic heterocycles. The van der Waals surface area contributed by atoms with Crippen LogP contribution in [0.1, 0.15) is 42.6 Å². The van der Waals surface area contributed by atoms with Gasteiger partial charge in [-0.1, -0.05) is 6.07 Å². The molecule has 0 bridgehead atoms. The minimum absolute atomic E-state index is 0.0439. The number of thioether (sulfide) groups is 1. The van der Waals surface area contributed by atoms with Gasteiger partial charge in [0, 0.05) is 23.6 Å². The van der Waals surface area contributed by atoms with Gasteiger partial charge in [-0.3, -0.25) is 19.2 Å². The van der Waals surface area contributed by atoms with Crippen LogP contribution in [-0.4, -0.2) is 48.5 Å². The highest BCUT2D eigenvalue weighted by Crippen LogP contribution is 2.47. The van der Waals surface area contributed by atoms with Crippen LogP contribution in [-0.2, 0) is 19.4 Å². The molecule has 2 saturated heterocycles. The normalized spacial score (nSPS) is 24.1. The van der Waals surface area contributed by atoms with E-state index in [0.717, 1.165) is 0 Å². The lowest BCUT2D eigenvalue weighted by Gasteiger charge is -2.27. The summed E-state index contributed by atoms with van der Waals surface area (Å²) in [4.78, 5) is 32.4. The first kappa shape index (κ1) is 26.7. The van der Waals surface area contributed by atoms with Gasteiger partial charge in [-0.25, -0.2) is 4.89 Å². The van der Waals surface area contributed by atoms with E-state index in [1.165, 1.54) is 41.4 Å². The third-order valence-corrected chi connectivity index (χ3v) is 9.22. The van der Waals surface area contributed by atoms with Crippen molar-refractivity contribution in [3.63, 3.8) is 0 Å². The average molecular weight is 541 g/mol. The van der Waals surface area contributed by atoms with E-state index in [1.54, 1.807) is 50.4 Å². The molecule has 0 saturated carbocycles. The summed E-state index contributed by atoms with van der Waals surface area (Å²) in [6.07, 6.45) is 4.73. The molecular weight excluding hydrogens is 510 g/mol. The first-order valence-corrected chi connectivity index (χ1v) is 14.9. The van der Waals surface area contributed by atoms with Crippen molar-refractivity contribution in [3.05, 3.63) is 53.6 Å². The summed E-state index contributed by atoms with van der Waals surface area (Å²) >= 11 is 2.07. The van der Waals surface area contributed by atoms with Crippen LogP contribution in [0.2, 0.25) is 0 Å². The van der Waals surface area contributed by atoms with E-state index in [2.05, 4.69) is 21.2 Å². The molecule has 3 heterocycles. The number of nitrogens with one attached hydrogen (secondary N) is 1. The zero-order valence-corrected chi connectivity index (χ0v) is 22.1. The topological polar surface area (TPSA) is 77.1 Å². The van der Waals surface area contributed by atoms with Gasteiger partial charge in [-0.2, -0.15) is 24.9 Å². The lowest BCUT2D eigenvalue weighted by molar-refractivity contribution is -0.173. The quantitative estimate of drug-likeness (QED) is 0.490. The monoisotopic (exact) mass is 540 g/mol. The van der Waals surface area contributed by atoms with Gasteiger partial charge in [0.05, 0.1) is 23.4 Å². The second kappa shape index (κ2) is 11.0. The first-order valence-electron chi connectivity index (χ1n) is 11.6. The van der Waals surface area contributed by atoms with Gasteiger partial charge < -0.3 is 4.74 Å². The van der Waals surface area contributed by atoms with Crippen molar-refractivity contribution in [2.75, 3.05) is 35.0 Å². The van der Waals surface area contributed by atoms with Crippen LogP contribution < -0.4 is 14.4 Å². The van der Waals surface area contributed by atoms with Crippen LogP contribution in [0.25, 0.3) is 0 Å². The number of rotatable bonds is 5. The van der Waals surface area contributed by atoms with Gasteiger partial charge in [0.1, 0.15) is 5.75 Å². The van der Waals surface area contributed by atoms with Crippen molar-refractivity contribution >= 4 is 45.4 Å². The van der Waals surface area contributed by atoms with Crippen molar-refractivity contribution in [2.45, 2.75) is 38.7 Å². The molecule has 5 rings (SSSR count). The van der Waals surface area contributed by atoms with Gasteiger partial charge >= 0.3 is 6.61 Å². The Morgan fingerprint density at radius 2 is 1.94 bits per heavy atom. The maximum absolute atomic E-state index is 13.2. The summed E-state index contributed by atoms with van der Waals surface area (Å²) in [5.41, 5.74) is 1.12. The number of hydrogen-bond acceptors (Lipinski definition) is 6.